The van der Waals surface area contributed by atoms with E-state index in [1.165, 1.54) is 23.6 Å². The summed E-state index contributed by atoms with van der Waals surface area (Å²) in [6.07, 6.45) is 0. The lowest BCUT2D eigenvalue weighted by molar-refractivity contribution is -0.310. The molecule has 1 aliphatic rings. The van der Waals surface area contributed by atoms with E-state index in [4.69, 9.17) is 0 Å². The minimum atomic E-state index is -1.20. The third-order valence-electron chi connectivity index (χ3n) is 2.79. The Hall–Kier alpha value is -1.01. The van der Waals surface area contributed by atoms with Crippen molar-refractivity contribution in [3.8, 4) is 0 Å². The molecule has 0 aliphatic carbocycles. The van der Waals surface area contributed by atoms with Crippen LogP contribution < -0.4 is 5.11 Å². The van der Waals surface area contributed by atoms with Gasteiger partial charge in [-0.3, -0.25) is 4.79 Å². The van der Waals surface area contributed by atoms with E-state index in [9.17, 15) is 14.7 Å². The first-order valence-corrected chi connectivity index (χ1v) is 7.21. The fourth-order valence-corrected chi connectivity index (χ4v) is 3.69. The van der Waals surface area contributed by atoms with Crippen LogP contribution in [0.25, 0.3) is 0 Å². The molecule has 96 valence electrons. The standard InChI is InChI=1S/C12H12BrNO3S/c1-7(15)14-10(12(16)17)6-18-11(14)8-2-4-9(13)5-3-8/h2-5,10-11H,6H2,1H3,(H,16,17)/p-1. The fraction of sp³-hybridized carbons (Fsp3) is 0.333. The number of rotatable bonds is 2. The summed E-state index contributed by atoms with van der Waals surface area (Å²) in [5.74, 6) is -1.08. The average Bonchev–Trinajstić information content (AvgIpc) is 2.74. The number of aliphatic carboxylic acids is 1. The van der Waals surface area contributed by atoms with Crippen LogP contribution in [0.1, 0.15) is 17.9 Å². The second-order valence-electron chi connectivity index (χ2n) is 4.00. The highest BCUT2D eigenvalue weighted by Crippen LogP contribution is 2.41. The van der Waals surface area contributed by atoms with Gasteiger partial charge in [-0.05, 0) is 17.7 Å². The zero-order valence-electron chi connectivity index (χ0n) is 9.63. The number of hydrogen-bond acceptors (Lipinski definition) is 4. The number of carbonyl (C=O) groups is 2. The SMILES string of the molecule is CC(=O)N1C(C(=O)[O-])CSC1c1ccc(Br)cc1. The van der Waals surface area contributed by atoms with Crippen molar-refractivity contribution in [3.05, 3.63) is 34.3 Å². The molecule has 0 N–H and O–H groups in total. The van der Waals surface area contributed by atoms with E-state index in [0.29, 0.717) is 5.75 Å². The number of nitrogens with zero attached hydrogens (tertiary/aromatic N) is 1. The van der Waals surface area contributed by atoms with E-state index < -0.39 is 12.0 Å². The molecule has 1 amide bonds. The van der Waals surface area contributed by atoms with Crippen LogP contribution in [0.3, 0.4) is 0 Å². The quantitative estimate of drug-likeness (QED) is 0.817. The molecule has 0 saturated carbocycles. The lowest BCUT2D eigenvalue weighted by Gasteiger charge is -2.29. The molecule has 2 atom stereocenters. The van der Waals surface area contributed by atoms with E-state index in [1.807, 2.05) is 24.3 Å². The van der Waals surface area contributed by atoms with Crippen LogP contribution in [-0.2, 0) is 9.59 Å². The van der Waals surface area contributed by atoms with Gasteiger partial charge >= 0.3 is 0 Å². The van der Waals surface area contributed by atoms with Crippen molar-refractivity contribution >= 4 is 39.6 Å². The van der Waals surface area contributed by atoms with Gasteiger partial charge in [0.1, 0.15) is 5.37 Å². The summed E-state index contributed by atoms with van der Waals surface area (Å²) >= 11 is 4.78. The van der Waals surface area contributed by atoms with Gasteiger partial charge in [0, 0.05) is 17.1 Å². The van der Waals surface area contributed by atoms with Crippen LogP contribution in [0.2, 0.25) is 0 Å². The number of carbonyl (C=O) groups excluding carboxylic acids is 2. The lowest BCUT2D eigenvalue weighted by atomic mass is 10.2. The highest BCUT2D eigenvalue weighted by molar-refractivity contribution is 9.10. The molecule has 1 fully saturated rings. The summed E-state index contributed by atoms with van der Waals surface area (Å²) in [6.45, 7) is 1.38. The van der Waals surface area contributed by atoms with E-state index in [-0.39, 0.29) is 11.3 Å². The van der Waals surface area contributed by atoms with E-state index in [0.717, 1.165) is 10.0 Å². The number of carboxylic acids is 1. The molecule has 0 bridgehead atoms. The number of halogens is 1. The first-order chi connectivity index (χ1) is 8.50. The van der Waals surface area contributed by atoms with Gasteiger partial charge in [0.25, 0.3) is 0 Å². The Bertz CT molecular complexity index is 477. The Morgan fingerprint density at radius 3 is 2.50 bits per heavy atom. The van der Waals surface area contributed by atoms with Crippen LogP contribution >= 0.6 is 27.7 Å². The predicted molar refractivity (Wildman–Crippen MR) is 70.7 cm³/mol. The van der Waals surface area contributed by atoms with Crippen molar-refractivity contribution in [2.45, 2.75) is 18.3 Å². The zero-order chi connectivity index (χ0) is 13.3. The van der Waals surface area contributed by atoms with Gasteiger partial charge in [-0.2, -0.15) is 0 Å². The van der Waals surface area contributed by atoms with Crippen LogP contribution in [0.15, 0.2) is 28.7 Å². The number of amides is 1. The molecule has 2 rings (SSSR count). The summed E-state index contributed by atoms with van der Waals surface area (Å²) < 4.78 is 0.945. The molecular weight excluding hydrogens is 318 g/mol. The van der Waals surface area contributed by atoms with E-state index in [2.05, 4.69) is 15.9 Å². The Kier molecular flexibility index (Phi) is 3.97. The van der Waals surface area contributed by atoms with E-state index >= 15 is 0 Å². The van der Waals surface area contributed by atoms with Crippen molar-refractivity contribution in [1.82, 2.24) is 4.90 Å². The highest BCUT2D eigenvalue weighted by atomic mass is 79.9. The first-order valence-electron chi connectivity index (χ1n) is 5.37. The largest absolute Gasteiger partial charge is 0.548 e. The Morgan fingerprint density at radius 2 is 2.00 bits per heavy atom. The lowest BCUT2D eigenvalue weighted by Crippen LogP contribution is -2.48. The maximum absolute atomic E-state index is 11.6. The summed E-state index contributed by atoms with van der Waals surface area (Å²) in [7, 11) is 0. The maximum atomic E-state index is 11.6. The van der Waals surface area contributed by atoms with Gasteiger partial charge in [0.15, 0.2) is 0 Å². The summed E-state index contributed by atoms with van der Waals surface area (Å²) in [5.41, 5.74) is 0.919. The predicted octanol–water partition coefficient (Wildman–Crippen LogP) is 1.16. The van der Waals surface area contributed by atoms with Crippen molar-refractivity contribution in [1.29, 1.82) is 0 Å². The molecular formula is C12H11BrNO3S-. The van der Waals surface area contributed by atoms with Crippen molar-refractivity contribution < 1.29 is 14.7 Å². The van der Waals surface area contributed by atoms with Crippen molar-refractivity contribution in [2.75, 3.05) is 5.75 Å². The van der Waals surface area contributed by atoms with Gasteiger partial charge < -0.3 is 14.8 Å². The van der Waals surface area contributed by atoms with E-state index in [1.54, 1.807) is 0 Å². The minimum absolute atomic E-state index is 0.248. The van der Waals surface area contributed by atoms with Crippen molar-refractivity contribution in [3.63, 3.8) is 0 Å². The zero-order valence-corrected chi connectivity index (χ0v) is 12.0. The molecule has 0 radical (unpaired) electrons. The molecule has 1 aliphatic heterocycles. The fourth-order valence-electron chi connectivity index (χ4n) is 1.96. The molecule has 18 heavy (non-hydrogen) atoms. The monoisotopic (exact) mass is 328 g/mol. The molecule has 1 aromatic carbocycles. The second kappa shape index (κ2) is 5.32. The average molecular weight is 329 g/mol. The Morgan fingerprint density at radius 1 is 1.39 bits per heavy atom. The molecule has 6 heteroatoms. The maximum Gasteiger partial charge on any atom is 0.221 e. The van der Waals surface area contributed by atoms with Crippen LogP contribution in [-0.4, -0.2) is 28.6 Å². The highest BCUT2D eigenvalue weighted by Gasteiger charge is 2.37. The topological polar surface area (TPSA) is 60.4 Å². The third-order valence-corrected chi connectivity index (χ3v) is 4.64. The molecule has 0 aromatic heterocycles. The first kappa shape index (κ1) is 13.4. The van der Waals surface area contributed by atoms with Crippen LogP contribution in [0.4, 0.5) is 0 Å². The van der Waals surface area contributed by atoms with Gasteiger partial charge in [-0.25, -0.2) is 0 Å². The summed E-state index contributed by atoms with van der Waals surface area (Å²) in [6, 6.07) is 6.67. The molecule has 1 heterocycles. The number of thioether (sulfide) groups is 1. The van der Waals surface area contributed by atoms with Crippen LogP contribution in [0.5, 0.6) is 0 Å². The molecule has 1 saturated heterocycles. The Balaban J connectivity index is 2.30. The van der Waals surface area contributed by atoms with Gasteiger partial charge in [-0.1, -0.05) is 28.1 Å². The van der Waals surface area contributed by atoms with Gasteiger partial charge in [-0.15, -0.1) is 11.8 Å². The molecule has 4 nitrogen and oxygen atoms in total. The molecule has 1 aromatic rings. The molecule has 2 unspecified atom stereocenters. The Labute approximate surface area is 117 Å². The third kappa shape index (κ3) is 2.54. The second-order valence-corrected chi connectivity index (χ2v) is 6.03. The smallest absolute Gasteiger partial charge is 0.221 e. The van der Waals surface area contributed by atoms with Gasteiger partial charge in [0.2, 0.25) is 5.91 Å². The number of hydrogen-bond donors (Lipinski definition) is 0. The van der Waals surface area contributed by atoms with Gasteiger partial charge in [0.05, 0.1) is 12.0 Å². The summed E-state index contributed by atoms with van der Waals surface area (Å²) in [5, 5.41) is 10.8. The number of benzene rings is 1. The normalized spacial score (nSPS) is 23.1. The molecule has 0 spiro atoms. The van der Waals surface area contributed by atoms with Crippen LogP contribution in [0, 0.1) is 0 Å². The number of carboxylic acid groups (broad SMARTS) is 1. The van der Waals surface area contributed by atoms with Crippen molar-refractivity contribution in [2.24, 2.45) is 0 Å². The summed E-state index contributed by atoms with van der Waals surface area (Å²) in [4.78, 5) is 24.0. The minimum Gasteiger partial charge on any atom is -0.548 e.